The minimum atomic E-state index is -3.34. The minimum Gasteiger partial charge on any atom is -0.506 e. The molecule has 0 unspecified atom stereocenters. The number of aromatic hydroxyl groups is 1. The first-order valence-electron chi connectivity index (χ1n) is 11.1. The van der Waals surface area contributed by atoms with Crippen LogP contribution in [0.5, 0.6) is 5.75 Å². The van der Waals surface area contributed by atoms with Crippen LogP contribution in [0.4, 0.5) is 5.82 Å². The lowest BCUT2D eigenvalue weighted by molar-refractivity contribution is 0.0969. The van der Waals surface area contributed by atoms with Gasteiger partial charge in [-0.1, -0.05) is 30.3 Å². The molecule has 8 heteroatoms. The molecule has 2 heterocycles. The van der Waals surface area contributed by atoms with Crippen molar-refractivity contribution in [2.24, 2.45) is 0 Å². The first-order chi connectivity index (χ1) is 15.4. The van der Waals surface area contributed by atoms with Gasteiger partial charge in [-0.05, 0) is 55.7 Å². The molecule has 0 spiro atoms. The van der Waals surface area contributed by atoms with Crippen molar-refractivity contribution >= 4 is 15.8 Å². The van der Waals surface area contributed by atoms with Crippen LogP contribution in [0, 0.1) is 0 Å². The summed E-state index contributed by atoms with van der Waals surface area (Å²) in [5.74, 6) is 1.44. The zero-order valence-corrected chi connectivity index (χ0v) is 19.2. The molecule has 1 aliphatic heterocycles. The minimum absolute atomic E-state index is 0.118. The van der Waals surface area contributed by atoms with Gasteiger partial charge in [0.15, 0.2) is 0 Å². The Hall–Kier alpha value is -2.58. The summed E-state index contributed by atoms with van der Waals surface area (Å²) in [5.41, 5.74) is 2.28. The van der Waals surface area contributed by atoms with E-state index >= 15 is 0 Å². The average molecular weight is 458 g/mol. The van der Waals surface area contributed by atoms with Gasteiger partial charge in [0.2, 0.25) is 10.0 Å². The van der Waals surface area contributed by atoms with Crippen LogP contribution in [-0.4, -0.2) is 50.0 Å². The van der Waals surface area contributed by atoms with E-state index in [0.29, 0.717) is 25.4 Å². The highest BCUT2D eigenvalue weighted by molar-refractivity contribution is 7.88. The highest BCUT2D eigenvalue weighted by atomic mass is 32.2. The number of sulfonamides is 1. The van der Waals surface area contributed by atoms with Gasteiger partial charge in [-0.25, -0.2) is 18.1 Å². The number of hydrogen-bond acceptors (Lipinski definition) is 6. The lowest BCUT2D eigenvalue weighted by atomic mass is 9.83. The van der Waals surface area contributed by atoms with Gasteiger partial charge in [0, 0.05) is 24.7 Å². The third kappa shape index (κ3) is 6.01. The molecule has 2 N–H and O–H groups in total. The number of ether oxygens (including phenoxy) is 1. The Morgan fingerprint density at radius 3 is 2.50 bits per heavy atom. The van der Waals surface area contributed by atoms with Crippen molar-refractivity contribution in [1.29, 1.82) is 0 Å². The molecule has 1 atom stereocenters. The van der Waals surface area contributed by atoms with Gasteiger partial charge >= 0.3 is 0 Å². The third-order valence-electron chi connectivity index (χ3n) is 6.28. The predicted molar refractivity (Wildman–Crippen MR) is 125 cm³/mol. The molecule has 0 amide bonds. The number of benzene rings is 1. The lowest BCUT2D eigenvalue weighted by Gasteiger charge is -2.35. The molecule has 1 aliphatic carbocycles. The van der Waals surface area contributed by atoms with E-state index < -0.39 is 10.0 Å². The second-order valence-corrected chi connectivity index (χ2v) is 10.5. The SMILES string of the molecule is CS(=O)(=O)N[C@H]1CCN(c2ccc(O)cn2)C/C1=C\OC1CCC(c2ccccc2)CC1. The Bertz CT molecular complexity index is 1020. The number of aromatic nitrogens is 1. The standard InChI is InChI=1S/C24H31N3O4S/c1-32(29,30)26-23-13-14-27(24-12-9-21(28)15-25-24)16-20(23)17-31-22-10-7-19(8-11-22)18-5-3-2-4-6-18/h2-6,9,12,15,17,19,22-23,26,28H,7-8,10-11,13-14,16H2,1H3/b20-17+/t19?,22?,23-/m0/s1. The van der Waals surface area contributed by atoms with Gasteiger partial charge < -0.3 is 14.7 Å². The molecule has 4 rings (SSSR count). The maximum Gasteiger partial charge on any atom is 0.209 e. The van der Waals surface area contributed by atoms with Gasteiger partial charge in [0.25, 0.3) is 0 Å². The van der Waals surface area contributed by atoms with Gasteiger partial charge in [-0.2, -0.15) is 0 Å². The lowest BCUT2D eigenvalue weighted by Crippen LogP contribution is -2.46. The largest absolute Gasteiger partial charge is 0.506 e. The van der Waals surface area contributed by atoms with E-state index in [1.807, 2.05) is 6.07 Å². The van der Waals surface area contributed by atoms with Crippen molar-refractivity contribution in [2.75, 3.05) is 24.2 Å². The fourth-order valence-corrected chi connectivity index (χ4v) is 5.38. The fraction of sp³-hybridized carbons (Fsp3) is 0.458. The highest BCUT2D eigenvalue weighted by Crippen LogP contribution is 2.34. The molecule has 7 nitrogen and oxygen atoms in total. The average Bonchev–Trinajstić information content (AvgIpc) is 2.79. The van der Waals surface area contributed by atoms with Crippen LogP contribution in [-0.2, 0) is 14.8 Å². The second kappa shape index (κ2) is 9.92. The van der Waals surface area contributed by atoms with E-state index in [2.05, 4.69) is 38.9 Å². The Kier molecular flexibility index (Phi) is 7.01. The van der Waals surface area contributed by atoms with Crippen LogP contribution in [0.25, 0.3) is 0 Å². The van der Waals surface area contributed by atoms with E-state index in [-0.39, 0.29) is 17.9 Å². The molecule has 2 aliphatic rings. The zero-order chi connectivity index (χ0) is 22.6. The number of nitrogens with zero attached hydrogens (tertiary/aromatic N) is 2. The number of piperidine rings is 1. The monoisotopic (exact) mass is 457 g/mol. The molecular formula is C24H31N3O4S. The van der Waals surface area contributed by atoms with Crippen LogP contribution in [0.3, 0.4) is 0 Å². The third-order valence-corrected chi connectivity index (χ3v) is 6.99. The molecule has 32 heavy (non-hydrogen) atoms. The van der Waals surface area contributed by atoms with Crippen molar-refractivity contribution < 1.29 is 18.3 Å². The first-order valence-corrected chi connectivity index (χ1v) is 13.0. The molecule has 1 saturated carbocycles. The summed E-state index contributed by atoms with van der Waals surface area (Å²) in [7, 11) is -3.34. The molecule has 1 aromatic heterocycles. The molecule has 0 radical (unpaired) electrons. The summed E-state index contributed by atoms with van der Waals surface area (Å²) < 4.78 is 32.7. The van der Waals surface area contributed by atoms with E-state index in [4.69, 9.17) is 4.74 Å². The quantitative estimate of drug-likeness (QED) is 0.645. The smallest absolute Gasteiger partial charge is 0.209 e. The van der Waals surface area contributed by atoms with E-state index in [1.165, 1.54) is 18.0 Å². The van der Waals surface area contributed by atoms with Gasteiger partial charge in [-0.3, -0.25) is 0 Å². The normalized spacial score (nSPS) is 25.6. The fourth-order valence-electron chi connectivity index (χ4n) is 4.59. The van der Waals surface area contributed by atoms with E-state index in [9.17, 15) is 13.5 Å². The molecule has 0 bridgehead atoms. The summed E-state index contributed by atoms with van der Waals surface area (Å²) in [6.45, 7) is 1.18. The van der Waals surface area contributed by atoms with Crippen LogP contribution in [0.15, 0.2) is 60.5 Å². The van der Waals surface area contributed by atoms with Crippen molar-refractivity contribution in [2.45, 2.75) is 50.2 Å². The van der Waals surface area contributed by atoms with Crippen LogP contribution in [0.2, 0.25) is 0 Å². The van der Waals surface area contributed by atoms with Crippen molar-refractivity contribution in [3.8, 4) is 5.75 Å². The van der Waals surface area contributed by atoms with Crippen molar-refractivity contribution in [3.05, 3.63) is 66.1 Å². The summed E-state index contributed by atoms with van der Waals surface area (Å²) in [6, 6.07) is 13.7. The number of hydrogen-bond donors (Lipinski definition) is 2. The van der Waals surface area contributed by atoms with Gasteiger partial charge in [0.05, 0.1) is 24.8 Å². The van der Waals surface area contributed by atoms with Crippen molar-refractivity contribution in [3.63, 3.8) is 0 Å². The van der Waals surface area contributed by atoms with E-state index in [1.54, 1.807) is 18.4 Å². The maximum absolute atomic E-state index is 11.9. The Balaban J connectivity index is 1.41. The molecule has 2 fully saturated rings. The highest BCUT2D eigenvalue weighted by Gasteiger charge is 2.28. The van der Waals surface area contributed by atoms with Gasteiger partial charge in [-0.15, -0.1) is 0 Å². The van der Waals surface area contributed by atoms with Crippen LogP contribution in [0.1, 0.15) is 43.6 Å². The second-order valence-electron chi connectivity index (χ2n) is 8.74. The van der Waals surface area contributed by atoms with Gasteiger partial charge in [0.1, 0.15) is 11.6 Å². The number of nitrogens with one attached hydrogen (secondary N) is 1. The van der Waals surface area contributed by atoms with Crippen molar-refractivity contribution in [1.82, 2.24) is 9.71 Å². The number of rotatable bonds is 6. The molecule has 172 valence electrons. The summed E-state index contributed by atoms with van der Waals surface area (Å²) in [6.07, 6.45) is 9.27. The first kappa shape index (κ1) is 22.6. The zero-order valence-electron chi connectivity index (χ0n) is 18.4. The topological polar surface area (TPSA) is 91.8 Å². The Labute approximate surface area is 190 Å². The summed E-state index contributed by atoms with van der Waals surface area (Å²) in [5, 5.41) is 9.51. The van der Waals surface area contributed by atoms with E-state index in [0.717, 1.165) is 37.1 Å². The summed E-state index contributed by atoms with van der Waals surface area (Å²) in [4.78, 5) is 6.36. The Morgan fingerprint density at radius 1 is 1.09 bits per heavy atom. The molecule has 1 aromatic carbocycles. The maximum atomic E-state index is 11.9. The molecule has 1 saturated heterocycles. The molecular weight excluding hydrogens is 426 g/mol. The number of anilines is 1. The van der Waals surface area contributed by atoms with Crippen LogP contribution < -0.4 is 9.62 Å². The predicted octanol–water partition coefficient (Wildman–Crippen LogP) is 3.54. The molecule has 2 aromatic rings. The van der Waals surface area contributed by atoms with Crippen LogP contribution >= 0.6 is 0 Å². The number of pyridine rings is 1. The summed E-state index contributed by atoms with van der Waals surface area (Å²) >= 11 is 0. The Morgan fingerprint density at radius 2 is 1.84 bits per heavy atom.